The number of ether oxygens (including phenoxy) is 1. The summed E-state index contributed by atoms with van der Waals surface area (Å²) in [4.78, 5) is 3.11. The summed E-state index contributed by atoms with van der Waals surface area (Å²) >= 11 is 0. The number of nitrogens with zero attached hydrogens (tertiary/aromatic N) is 2. The fourth-order valence-corrected chi connectivity index (χ4v) is 6.81. The van der Waals surface area contributed by atoms with E-state index in [9.17, 15) is 13.7 Å². The van der Waals surface area contributed by atoms with Crippen LogP contribution in [0.4, 0.5) is 0 Å². The number of hydrogen-bond acceptors (Lipinski definition) is 5. The molecule has 0 aromatic heterocycles. The van der Waals surface area contributed by atoms with Crippen LogP contribution in [0.3, 0.4) is 0 Å². The van der Waals surface area contributed by atoms with Crippen molar-refractivity contribution >= 4 is 9.84 Å². The quantitative estimate of drug-likeness (QED) is 0.574. The van der Waals surface area contributed by atoms with Crippen molar-refractivity contribution in [2.45, 2.75) is 73.1 Å². The van der Waals surface area contributed by atoms with Gasteiger partial charge in [0.2, 0.25) is 9.84 Å². The molecule has 1 saturated carbocycles. The Balaban J connectivity index is 1.49. The van der Waals surface area contributed by atoms with Crippen molar-refractivity contribution in [1.29, 1.82) is 5.26 Å². The summed E-state index contributed by atoms with van der Waals surface area (Å²) < 4.78 is 31.2. The standard InChI is InChI=1S/C27H34N2O3S/c1-27(20-28,22-16-18-29(19-17-22)23-6-4-3-5-7-23)21-8-12-25(13-9-21)33(30,31)26-14-10-24(32-2)11-15-26/h8-15,22-23H,3-7,16-19H2,1-2H3. The van der Waals surface area contributed by atoms with Gasteiger partial charge in [0.1, 0.15) is 5.75 Å². The van der Waals surface area contributed by atoms with E-state index < -0.39 is 15.3 Å². The van der Waals surface area contributed by atoms with E-state index in [4.69, 9.17) is 4.74 Å². The molecule has 0 N–H and O–H groups in total. The molecule has 0 bridgehead atoms. The Kier molecular flexibility index (Phi) is 7.11. The number of benzene rings is 2. The fourth-order valence-electron chi connectivity index (χ4n) is 5.55. The Labute approximate surface area is 198 Å². The van der Waals surface area contributed by atoms with Crippen LogP contribution in [0.1, 0.15) is 57.4 Å². The van der Waals surface area contributed by atoms with Crippen LogP contribution in [0.25, 0.3) is 0 Å². The molecule has 6 heteroatoms. The van der Waals surface area contributed by atoms with Gasteiger partial charge < -0.3 is 9.64 Å². The van der Waals surface area contributed by atoms with Crippen LogP contribution in [0.2, 0.25) is 0 Å². The van der Waals surface area contributed by atoms with Gasteiger partial charge in [-0.15, -0.1) is 0 Å². The van der Waals surface area contributed by atoms with Gasteiger partial charge in [0.15, 0.2) is 0 Å². The van der Waals surface area contributed by atoms with Crippen molar-refractivity contribution in [2.75, 3.05) is 20.2 Å². The first-order chi connectivity index (χ1) is 15.9. The van der Waals surface area contributed by atoms with Gasteiger partial charge in [0, 0.05) is 6.04 Å². The van der Waals surface area contributed by atoms with Crippen molar-refractivity contribution in [3.05, 3.63) is 54.1 Å². The highest BCUT2D eigenvalue weighted by atomic mass is 32.2. The van der Waals surface area contributed by atoms with Crippen LogP contribution in [0.15, 0.2) is 58.3 Å². The predicted molar refractivity (Wildman–Crippen MR) is 129 cm³/mol. The number of rotatable bonds is 6. The van der Waals surface area contributed by atoms with Crippen molar-refractivity contribution in [3.63, 3.8) is 0 Å². The number of nitriles is 1. The minimum Gasteiger partial charge on any atom is -0.497 e. The Hall–Kier alpha value is -2.36. The molecule has 33 heavy (non-hydrogen) atoms. The van der Waals surface area contributed by atoms with Gasteiger partial charge in [-0.2, -0.15) is 5.26 Å². The summed E-state index contributed by atoms with van der Waals surface area (Å²) in [5, 5.41) is 10.2. The first kappa shape index (κ1) is 23.8. The van der Waals surface area contributed by atoms with E-state index in [0.29, 0.717) is 5.75 Å². The summed E-state index contributed by atoms with van der Waals surface area (Å²) in [6.45, 7) is 4.12. The summed E-state index contributed by atoms with van der Waals surface area (Å²) in [5.74, 6) is 0.884. The minimum absolute atomic E-state index is 0.231. The summed E-state index contributed by atoms with van der Waals surface area (Å²) in [6.07, 6.45) is 8.68. The van der Waals surface area contributed by atoms with E-state index in [-0.39, 0.29) is 15.7 Å². The number of hydrogen-bond donors (Lipinski definition) is 0. The Bertz CT molecular complexity index is 1080. The van der Waals surface area contributed by atoms with E-state index in [0.717, 1.165) is 37.5 Å². The third-order valence-corrected chi connectivity index (χ3v) is 9.59. The van der Waals surface area contributed by atoms with Crippen LogP contribution in [-0.2, 0) is 15.3 Å². The second kappa shape index (κ2) is 9.87. The van der Waals surface area contributed by atoms with Crippen molar-refractivity contribution in [2.24, 2.45) is 5.92 Å². The zero-order valence-corrected chi connectivity index (χ0v) is 20.5. The molecular weight excluding hydrogens is 432 g/mol. The van der Waals surface area contributed by atoms with Gasteiger partial charge in [-0.1, -0.05) is 31.4 Å². The maximum Gasteiger partial charge on any atom is 0.206 e. The summed E-state index contributed by atoms with van der Waals surface area (Å²) in [5.41, 5.74) is 0.274. The Morgan fingerprint density at radius 2 is 1.45 bits per heavy atom. The molecule has 1 heterocycles. The molecule has 176 valence electrons. The fraction of sp³-hybridized carbons (Fsp3) is 0.519. The van der Waals surface area contributed by atoms with E-state index in [1.54, 1.807) is 43.5 Å². The Morgan fingerprint density at radius 3 is 1.97 bits per heavy atom. The third kappa shape index (κ3) is 4.81. The monoisotopic (exact) mass is 466 g/mol. The zero-order chi connectivity index (χ0) is 23.5. The van der Waals surface area contributed by atoms with Crippen LogP contribution in [-0.4, -0.2) is 39.6 Å². The van der Waals surface area contributed by atoms with E-state index in [2.05, 4.69) is 11.0 Å². The number of sulfone groups is 1. The molecule has 1 aliphatic heterocycles. The largest absolute Gasteiger partial charge is 0.497 e. The molecule has 2 aliphatic rings. The molecule has 1 unspecified atom stereocenters. The smallest absolute Gasteiger partial charge is 0.206 e. The van der Waals surface area contributed by atoms with Gasteiger partial charge in [-0.25, -0.2) is 8.42 Å². The normalized spacial score (nSPS) is 20.6. The van der Waals surface area contributed by atoms with Gasteiger partial charge >= 0.3 is 0 Å². The zero-order valence-electron chi connectivity index (χ0n) is 19.7. The number of methoxy groups -OCH3 is 1. The number of likely N-dealkylation sites (tertiary alicyclic amines) is 1. The molecule has 0 amide bonds. The number of piperidine rings is 1. The third-order valence-electron chi connectivity index (χ3n) is 7.80. The molecule has 1 saturated heterocycles. The molecule has 1 atom stereocenters. The van der Waals surface area contributed by atoms with Crippen LogP contribution in [0, 0.1) is 17.2 Å². The topological polar surface area (TPSA) is 70.4 Å². The van der Waals surface area contributed by atoms with E-state index in [1.165, 1.54) is 32.1 Å². The van der Waals surface area contributed by atoms with Crippen LogP contribution >= 0.6 is 0 Å². The van der Waals surface area contributed by atoms with Gasteiger partial charge in [0.05, 0.1) is 28.4 Å². The molecule has 2 fully saturated rings. The summed E-state index contributed by atoms with van der Waals surface area (Å²) in [6, 6.07) is 16.6. The maximum absolute atomic E-state index is 13.0. The van der Waals surface area contributed by atoms with Gasteiger partial charge in [-0.3, -0.25) is 0 Å². The van der Waals surface area contributed by atoms with Crippen molar-refractivity contribution < 1.29 is 13.2 Å². The molecular formula is C27H34N2O3S. The lowest BCUT2D eigenvalue weighted by atomic mass is 9.69. The minimum atomic E-state index is -3.62. The first-order valence-corrected chi connectivity index (χ1v) is 13.5. The maximum atomic E-state index is 13.0. The lowest BCUT2D eigenvalue weighted by molar-refractivity contribution is 0.0912. The highest BCUT2D eigenvalue weighted by molar-refractivity contribution is 7.91. The van der Waals surface area contributed by atoms with Crippen LogP contribution < -0.4 is 4.74 Å². The predicted octanol–water partition coefficient (Wildman–Crippen LogP) is 5.35. The van der Waals surface area contributed by atoms with Crippen molar-refractivity contribution in [1.82, 2.24) is 4.90 Å². The van der Waals surface area contributed by atoms with Gasteiger partial charge in [-0.05, 0) is 93.6 Å². The molecule has 0 spiro atoms. The molecule has 1 aliphatic carbocycles. The molecule has 2 aromatic carbocycles. The van der Waals surface area contributed by atoms with Gasteiger partial charge in [0.25, 0.3) is 0 Å². The first-order valence-electron chi connectivity index (χ1n) is 12.0. The second-order valence-electron chi connectivity index (χ2n) is 9.62. The van der Waals surface area contributed by atoms with E-state index in [1.807, 2.05) is 19.1 Å². The van der Waals surface area contributed by atoms with Crippen molar-refractivity contribution in [3.8, 4) is 11.8 Å². The SMILES string of the molecule is COc1ccc(S(=O)(=O)c2ccc(C(C)(C#N)C3CCN(C4CCCCC4)CC3)cc2)cc1. The highest BCUT2D eigenvalue weighted by Crippen LogP contribution is 2.40. The Morgan fingerprint density at radius 1 is 0.909 bits per heavy atom. The van der Waals surface area contributed by atoms with E-state index >= 15 is 0 Å². The lowest BCUT2D eigenvalue weighted by Crippen LogP contribution is -2.46. The summed E-state index contributed by atoms with van der Waals surface area (Å²) in [7, 11) is -2.07. The average molecular weight is 467 g/mol. The average Bonchev–Trinajstić information content (AvgIpc) is 2.89. The molecule has 0 radical (unpaired) electrons. The highest BCUT2D eigenvalue weighted by Gasteiger charge is 2.39. The second-order valence-corrected chi connectivity index (χ2v) is 11.6. The molecule has 5 nitrogen and oxygen atoms in total. The van der Waals surface area contributed by atoms with Crippen LogP contribution in [0.5, 0.6) is 5.75 Å². The lowest BCUT2D eigenvalue weighted by Gasteiger charge is -2.43. The molecule has 4 rings (SSSR count). The molecule has 2 aromatic rings.